The number of hydrogen-bond acceptors (Lipinski definition) is 6. The molecule has 3 N–H and O–H groups in total. The van der Waals surface area contributed by atoms with Crippen molar-refractivity contribution in [2.24, 2.45) is 7.05 Å². The van der Waals surface area contributed by atoms with E-state index in [1.165, 1.54) is 4.52 Å². The van der Waals surface area contributed by atoms with Gasteiger partial charge in [0.05, 0.1) is 22.9 Å². The van der Waals surface area contributed by atoms with Crippen LogP contribution in [0.4, 0.5) is 5.82 Å². The maximum absolute atomic E-state index is 13.4. The third-order valence-corrected chi connectivity index (χ3v) is 6.91. The lowest BCUT2D eigenvalue weighted by Gasteiger charge is -2.19. The van der Waals surface area contributed by atoms with E-state index in [1.54, 1.807) is 18.5 Å². The van der Waals surface area contributed by atoms with Crippen LogP contribution in [0.15, 0.2) is 79.3 Å². The molecule has 0 spiro atoms. The number of fused-ring (bicyclic) bond motifs is 2. The highest BCUT2D eigenvalue weighted by molar-refractivity contribution is 6.04. The fourth-order valence-electron chi connectivity index (χ4n) is 4.96. The lowest BCUT2D eigenvalue weighted by molar-refractivity contribution is 0.0942. The first-order chi connectivity index (χ1) is 19.4. The number of nitrogens with one attached hydrogen (secondary N) is 1. The summed E-state index contributed by atoms with van der Waals surface area (Å²) in [5, 5.41) is 12.7. The van der Waals surface area contributed by atoms with Crippen LogP contribution in [0.3, 0.4) is 0 Å². The van der Waals surface area contributed by atoms with Crippen LogP contribution in [-0.4, -0.2) is 35.3 Å². The van der Waals surface area contributed by atoms with Gasteiger partial charge in [-0.3, -0.25) is 9.48 Å². The first-order valence-electron chi connectivity index (χ1n) is 13.0. The summed E-state index contributed by atoms with van der Waals surface area (Å²) in [7, 11) is 1.91. The molecule has 6 rings (SSSR count). The Morgan fingerprint density at radius 1 is 1.02 bits per heavy atom. The molecule has 0 saturated heterocycles. The summed E-state index contributed by atoms with van der Waals surface area (Å²) in [6.45, 7) is 3.94. The molecule has 4 heterocycles. The number of aryl methyl sites for hydroxylation is 2. The maximum atomic E-state index is 13.4. The summed E-state index contributed by atoms with van der Waals surface area (Å²) in [4.78, 5) is 22.9. The van der Waals surface area contributed by atoms with Crippen molar-refractivity contribution in [1.82, 2.24) is 34.7 Å². The third-order valence-electron chi connectivity index (χ3n) is 6.91. The second-order valence-electron chi connectivity index (χ2n) is 9.73. The molecule has 9 heteroatoms. The van der Waals surface area contributed by atoms with Crippen LogP contribution in [0.5, 0.6) is 0 Å². The number of nitrogens with zero attached hydrogens (tertiary/aromatic N) is 6. The van der Waals surface area contributed by atoms with Gasteiger partial charge in [0, 0.05) is 53.3 Å². The molecule has 6 aromatic rings. The minimum Gasteiger partial charge on any atom is -0.381 e. The number of benzene rings is 2. The highest BCUT2D eigenvalue weighted by Gasteiger charge is 2.23. The van der Waals surface area contributed by atoms with Gasteiger partial charge in [-0.25, -0.2) is 14.5 Å². The quantitative estimate of drug-likeness (QED) is 0.306. The van der Waals surface area contributed by atoms with E-state index in [0.717, 1.165) is 44.5 Å². The minimum atomic E-state index is -0.380. The number of anilines is 1. The molecule has 40 heavy (non-hydrogen) atoms. The first-order valence-corrected chi connectivity index (χ1v) is 13.0. The molecule has 0 radical (unpaired) electrons. The van der Waals surface area contributed by atoms with Gasteiger partial charge in [-0.1, -0.05) is 60.7 Å². The zero-order valence-corrected chi connectivity index (χ0v) is 22.4. The SMILES string of the molecule is Cc1nn(C)cc1/C=C/c1cccc2cc([C@H](C)NC(=O)c3c(N)nn4cccnc34)c(-c3ccccc3)nc12. The topological polar surface area (TPSA) is 116 Å². The fourth-order valence-corrected chi connectivity index (χ4v) is 4.96. The molecule has 0 unspecified atom stereocenters. The Hall–Kier alpha value is -5.31. The van der Waals surface area contributed by atoms with Crippen molar-refractivity contribution in [3.63, 3.8) is 0 Å². The van der Waals surface area contributed by atoms with Crippen LogP contribution in [0.25, 0.3) is 40.0 Å². The largest absolute Gasteiger partial charge is 0.381 e. The lowest BCUT2D eigenvalue weighted by atomic mass is 9.97. The number of para-hydroxylation sites is 1. The predicted molar refractivity (Wildman–Crippen MR) is 157 cm³/mol. The number of aromatic nitrogens is 6. The highest BCUT2D eigenvalue weighted by Crippen LogP contribution is 2.32. The van der Waals surface area contributed by atoms with Gasteiger partial charge in [-0.05, 0) is 26.0 Å². The van der Waals surface area contributed by atoms with Gasteiger partial charge in [0.2, 0.25) is 0 Å². The average molecular weight is 529 g/mol. The molecule has 0 bridgehead atoms. The summed E-state index contributed by atoms with van der Waals surface area (Å²) in [6.07, 6.45) is 9.45. The predicted octanol–water partition coefficient (Wildman–Crippen LogP) is 5.23. The molecule has 4 aromatic heterocycles. The van der Waals surface area contributed by atoms with E-state index in [9.17, 15) is 4.79 Å². The molecule has 0 aliphatic rings. The summed E-state index contributed by atoms with van der Waals surface area (Å²) in [5.41, 5.74) is 13.3. The molecule has 1 amide bonds. The number of nitrogens with two attached hydrogens (primary N) is 1. The third kappa shape index (κ3) is 4.58. The van der Waals surface area contributed by atoms with E-state index >= 15 is 0 Å². The zero-order chi connectivity index (χ0) is 27.8. The van der Waals surface area contributed by atoms with Gasteiger partial charge < -0.3 is 11.1 Å². The van der Waals surface area contributed by atoms with Crippen molar-refractivity contribution in [3.05, 3.63) is 107 Å². The van der Waals surface area contributed by atoms with Crippen LogP contribution >= 0.6 is 0 Å². The molecule has 0 fully saturated rings. The summed E-state index contributed by atoms with van der Waals surface area (Å²) >= 11 is 0. The maximum Gasteiger partial charge on any atom is 0.259 e. The van der Waals surface area contributed by atoms with Crippen molar-refractivity contribution >= 4 is 40.4 Å². The molecule has 1 atom stereocenters. The minimum absolute atomic E-state index is 0.128. The van der Waals surface area contributed by atoms with Crippen LogP contribution in [-0.2, 0) is 7.05 Å². The number of pyridine rings is 1. The number of hydrogen-bond donors (Lipinski definition) is 2. The normalized spacial score (nSPS) is 12.4. The van der Waals surface area contributed by atoms with Gasteiger partial charge >= 0.3 is 0 Å². The van der Waals surface area contributed by atoms with E-state index in [0.29, 0.717) is 5.65 Å². The fraction of sp³-hybridized carbons (Fsp3) is 0.129. The molecule has 2 aromatic carbocycles. The summed E-state index contributed by atoms with van der Waals surface area (Å²) < 4.78 is 3.31. The molecule has 9 nitrogen and oxygen atoms in total. The number of rotatable bonds is 6. The second kappa shape index (κ2) is 10.1. The molecule has 0 saturated carbocycles. The van der Waals surface area contributed by atoms with Crippen LogP contribution in [0.2, 0.25) is 0 Å². The van der Waals surface area contributed by atoms with Crippen LogP contribution in [0, 0.1) is 6.92 Å². The number of nitrogen functional groups attached to an aromatic ring is 1. The first kappa shape index (κ1) is 25.0. The van der Waals surface area contributed by atoms with Crippen LogP contribution in [0.1, 0.15) is 45.7 Å². The smallest absolute Gasteiger partial charge is 0.259 e. The Morgan fingerprint density at radius 2 is 1.82 bits per heavy atom. The standard InChI is InChI=1S/C31H28N8O/c1-19-24(18-38(3)36-19)14-13-22-11-7-12-23-17-25(28(35-27(22)23)21-9-5-4-6-10-21)20(2)34-31(40)26-29(32)37-39-16-8-15-33-30(26)39/h4-18,20H,1-3H3,(H2,32,37)(H,34,40)/b14-13+/t20-/m0/s1. The molecule has 0 aliphatic carbocycles. The molecular formula is C31H28N8O. The van der Waals surface area contributed by atoms with E-state index in [4.69, 9.17) is 10.7 Å². The van der Waals surface area contributed by atoms with Gasteiger partial charge in [0.15, 0.2) is 11.5 Å². The Balaban J connectivity index is 1.42. The summed E-state index contributed by atoms with van der Waals surface area (Å²) in [6, 6.07) is 19.5. The second-order valence-corrected chi connectivity index (χ2v) is 9.73. The number of carbonyl (C=O) groups is 1. The van der Waals surface area contributed by atoms with Gasteiger partial charge in [-0.2, -0.15) is 5.10 Å². The van der Waals surface area contributed by atoms with Gasteiger partial charge in [0.25, 0.3) is 5.91 Å². The van der Waals surface area contributed by atoms with Crippen molar-refractivity contribution < 1.29 is 4.79 Å². The van der Waals surface area contributed by atoms with Crippen LogP contribution < -0.4 is 11.1 Å². The zero-order valence-electron chi connectivity index (χ0n) is 22.4. The Kier molecular flexibility index (Phi) is 6.31. The van der Waals surface area contributed by atoms with Crippen molar-refractivity contribution in [2.45, 2.75) is 19.9 Å². The Morgan fingerprint density at radius 3 is 2.60 bits per heavy atom. The van der Waals surface area contributed by atoms with E-state index in [2.05, 4.69) is 44.8 Å². The Bertz CT molecular complexity index is 1900. The lowest BCUT2D eigenvalue weighted by Crippen LogP contribution is -2.28. The summed E-state index contributed by atoms with van der Waals surface area (Å²) in [5.74, 6) is -0.218. The van der Waals surface area contributed by atoms with Crippen molar-refractivity contribution in [2.75, 3.05) is 5.73 Å². The van der Waals surface area contributed by atoms with Gasteiger partial charge in [0.1, 0.15) is 5.56 Å². The van der Waals surface area contributed by atoms with E-state index in [1.807, 2.05) is 74.2 Å². The number of carbonyl (C=O) groups excluding carboxylic acids is 1. The molecular weight excluding hydrogens is 500 g/mol. The van der Waals surface area contributed by atoms with Gasteiger partial charge in [-0.15, -0.1) is 5.10 Å². The van der Waals surface area contributed by atoms with E-state index in [-0.39, 0.29) is 23.3 Å². The van der Waals surface area contributed by atoms with E-state index < -0.39 is 0 Å². The average Bonchev–Trinajstić information content (AvgIpc) is 3.47. The highest BCUT2D eigenvalue weighted by atomic mass is 16.1. The monoisotopic (exact) mass is 528 g/mol. The van der Waals surface area contributed by atoms with Crippen molar-refractivity contribution in [1.29, 1.82) is 0 Å². The Labute approximate surface area is 231 Å². The van der Waals surface area contributed by atoms with Crippen molar-refractivity contribution in [3.8, 4) is 11.3 Å². The number of amides is 1. The molecule has 0 aliphatic heterocycles. The molecule has 198 valence electrons.